The molecule has 2 aromatic rings. The van der Waals surface area contributed by atoms with Crippen LogP contribution in [0.3, 0.4) is 0 Å². The first-order chi connectivity index (χ1) is 13.8. The van der Waals surface area contributed by atoms with E-state index in [4.69, 9.17) is 0 Å². The van der Waals surface area contributed by atoms with Crippen LogP contribution in [0.15, 0.2) is 42.5 Å². The molecule has 0 unspecified atom stereocenters. The number of hydrogen-bond donors (Lipinski definition) is 1. The molecule has 29 heavy (non-hydrogen) atoms. The van der Waals surface area contributed by atoms with Gasteiger partial charge in [0.05, 0.1) is 13.0 Å². The largest absolute Gasteiger partial charge is 0.336 e. The number of aryl methyl sites for hydroxylation is 2. The molecule has 6 nitrogen and oxygen atoms in total. The van der Waals surface area contributed by atoms with Crippen molar-refractivity contribution >= 4 is 29.1 Å². The van der Waals surface area contributed by atoms with Crippen LogP contribution >= 0.6 is 0 Å². The third-order valence-electron chi connectivity index (χ3n) is 5.23. The van der Waals surface area contributed by atoms with Gasteiger partial charge < -0.3 is 15.1 Å². The van der Waals surface area contributed by atoms with E-state index >= 15 is 0 Å². The van der Waals surface area contributed by atoms with E-state index in [1.54, 1.807) is 11.9 Å². The fourth-order valence-electron chi connectivity index (χ4n) is 3.52. The lowest BCUT2D eigenvalue weighted by molar-refractivity contribution is -0.132. The van der Waals surface area contributed by atoms with Gasteiger partial charge in [-0.25, -0.2) is 0 Å². The lowest BCUT2D eigenvalue weighted by atomic mass is 10.1. The van der Waals surface area contributed by atoms with Gasteiger partial charge >= 0.3 is 0 Å². The first kappa shape index (κ1) is 20.6. The van der Waals surface area contributed by atoms with Gasteiger partial charge in [0.2, 0.25) is 17.7 Å². The maximum atomic E-state index is 12.5. The van der Waals surface area contributed by atoms with Crippen molar-refractivity contribution in [2.45, 2.75) is 33.1 Å². The van der Waals surface area contributed by atoms with Gasteiger partial charge in [-0.3, -0.25) is 14.4 Å². The van der Waals surface area contributed by atoms with Gasteiger partial charge in [0.1, 0.15) is 0 Å². The molecule has 0 aromatic heterocycles. The van der Waals surface area contributed by atoms with Gasteiger partial charge in [0.15, 0.2) is 0 Å². The Morgan fingerprint density at radius 1 is 1.07 bits per heavy atom. The monoisotopic (exact) mass is 393 g/mol. The third-order valence-corrected chi connectivity index (χ3v) is 5.23. The number of hydrogen-bond acceptors (Lipinski definition) is 3. The topological polar surface area (TPSA) is 69.7 Å². The molecule has 152 valence electrons. The van der Waals surface area contributed by atoms with Crippen molar-refractivity contribution in [1.82, 2.24) is 4.90 Å². The minimum Gasteiger partial charge on any atom is -0.336 e. The SMILES string of the molecule is Cc1cccc(C)c1NC(=O)CN(C)C(=O)Cc1ccc(N2CCCC2=O)cc1. The molecule has 0 spiro atoms. The highest BCUT2D eigenvalue weighted by Crippen LogP contribution is 2.22. The molecule has 3 amide bonds. The number of carbonyl (C=O) groups is 3. The fourth-order valence-corrected chi connectivity index (χ4v) is 3.52. The highest BCUT2D eigenvalue weighted by Gasteiger charge is 2.21. The molecule has 0 aliphatic carbocycles. The summed E-state index contributed by atoms with van der Waals surface area (Å²) in [5.74, 6) is -0.212. The molecule has 0 atom stereocenters. The Balaban J connectivity index is 1.55. The Kier molecular flexibility index (Phi) is 6.32. The molecule has 1 aliphatic rings. The molecule has 1 aliphatic heterocycles. The maximum absolute atomic E-state index is 12.5. The van der Waals surface area contributed by atoms with Gasteiger partial charge in [-0.05, 0) is 49.1 Å². The van der Waals surface area contributed by atoms with Crippen LogP contribution in [0.2, 0.25) is 0 Å². The zero-order chi connectivity index (χ0) is 21.0. The quantitative estimate of drug-likeness (QED) is 0.820. The van der Waals surface area contributed by atoms with Crippen molar-refractivity contribution in [2.75, 3.05) is 30.4 Å². The number of nitrogens with one attached hydrogen (secondary N) is 1. The van der Waals surface area contributed by atoms with Crippen LogP contribution in [0.4, 0.5) is 11.4 Å². The summed E-state index contributed by atoms with van der Waals surface area (Å²) >= 11 is 0. The standard InChI is InChI=1S/C23H27N3O3/c1-16-6-4-7-17(2)23(16)24-20(27)15-25(3)22(29)14-18-9-11-19(12-10-18)26-13-5-8-21(26)28/h4,6-7,9-12H,5,8,13-15H2,1-3H3,(H,24,27). The molecule has 0 radical (unpaired) electrons. The number of anilines is 2. The van der Waals surface area contributed by atoms with E-state index in [0.29, 0.717) is 6.42 Å². The van der Waals surface area contributed by atoms with E-state index < -0.39 is 0 Å². The zero-order valence-corrected chi connectivity index (χ0v) is 17.2. The normalized spacial score (nSPS) is 13.5. The van der Waals surface area contributed by atoms with E-state index in [9.17, 15) is 14.4 Å². The summed E-state index contributed by atoms with van der Waals surface area (Å²) in [7, 11) is 1.63. The Morgan fingerprint density at radius 3 is 2.31 bits per heavy atom. The highest BCUT2D eigenvalue weighted by atomic mass is 16.2. The second-order valence-electron chi connectivity index (χ2n) is 7.56. The average molecular weight is 393 g/mol. The van der Waals surface area contributed by atoms with E-state index in [1.807, 2.05) is 56.3 Å². The molecule has 0 saturated carbocycles. The van der Waals surface area contributed by atoms with Crippen molar-refractivity contribution in [3.05, 3.63) is 59.2 Å². The molecule has 6 heteroatoms. The van der Waals surface area contributed by atoms with Crippen molar-refractivity contribution < 1.29 is 14.4 Å². The lowest BCUT2D eigenvalue weighted by Crippen LogP contribution is -2.36. The average Bonchev–Trinajstić information content (AvgIpc) is 3.11. The van der Waals surface area contributed by atoms with Crippen molar-refractivity contribution in [1.29, 1.82) is 0 Å². The molecule has 3 rings (SSSR count). The van der Waals surface area contributed by atoms with Crippen molar-refractivity contribution in [3.8, 4) is 0 Å². The number of para-hydroxylation sites is 1. The third kappa shape index (κ3) is 5.02. The molecule has 2 aromatic carbocycles. The highest BCUT2D eigenvalue weighted by molar-refractivity contribution is 5.96. The van der Waals surface area contributed by atoms with Crippen LogP contribution in [0.1, 0.15) is 29.5 Å². The molecule has 1 N–H and O–H groups in total. The second-order valence-corrected chi connectivity index (χ2v) is 7.56. The number of nitrogens with zero attached hydrogens (tertiary/aromatic N) is 2. The van der Waals surface area contributed by atoms with E-state index in [-0.39, 0.29) is 30.7 Å². The van der Waals surface area contributed by atoms with Gasteiger partial charge in [-0.15, -0.1) is 0 Å². The molecule has 0 bridgehead atoms. The van der Waals surface area contributed by atoms with Gasteiger partial charge in [0.25, 0.3) is 0 Å². The summed E-state index contributed by atoms with van der Waals surface area (Å²) in [5.41, 5.74) is 4.50. The van der Waals surface area contributed by atoms with Gasteiger partial charge in [0, 0.05) is 31.4 Å². The van der Waals surface area contributed by atoms with E-state index in [1.165, 1.54) is 4.90 Å². The number of rotatable bonds is 6. The number of carbonyl (C=O) groups excluding carboxylic acids is 3. The van der Waals surface area contributed by atoms with Gasteiger partial charge in [-0.1, -0.05) is 30.3 Å². The number of likely N-dealkylation sites (N-methyl/N-ethyl adjacent to an activating group) is 1. The number of benzene rings is 2. The van der Waals surface area contributed by atoms with Crippen LogP contribution in [0, 0.1) is 13.8 Å². The summed E-state index contributed by atoms with van der Waals surface area (Å²) in [6.45, 7) is 4.62. The predicted molar refractivity (Wildman–Crippen MR) is 114 cm³/mol. The van der Waals surface area contributed by atoms with E-state index in [0.717, 1.165) is 41.0 Å². The van der Waals surface area contributed by atoms with Crippen LogP contribution in [-0.2, 0) is 20.8 Å². The Morgan fingerprint density at radius 2 is 1.72 bits per heavy atom. The maximum Gasteiger partial charge on any atom is 0.243 e. The fraction of sp³-hybridized carbons (Fsp3) is 0.348. The predicted octanol–water partition coefficient (Wildman–Crippen LogP) is 3.07. The Hall–Kier alpha value is -3.15. The van der Waals surface area contributed by atoms with Gasteiger partial charge in [-0.2, -0.15) is 0 Å². The first-order valence-corrected chi connectivity index (χ1v) is 9.84. The Bertz CT molecular complexity index is 901. The zero-order valence-electron chi connectivity index (χ0n) is 17.2. The van der Waals surface area contributed by atoms with E-state index in [2.05, 4.69) is 5.32 Å². The second kappa shape index (κ2) is 8.90. The Labute approximate surface area is 171 Å². The first-order valence-electron chi connectivity index (χ1n) is 9.84. The van der Waals surface area contributed by atoms with Crippen molar-refractivity contribution in [2.24, 2.45) is 0 Å². The van der Waals surface area contributed by atoms with Crippen LogP contribution < -0.4 is 10.2 Å². The molecule has 1 heterocycles. The molecule has 1 saturated heterocycles. The van der Waals surface area contributed by atoms with Crippen LogP contribution in [-0.4, -0.2) is 42.8 Å². The molecular formula is C23H27N3O3. The van der Waals surface area contributed by atoms with Crippen molar-refractivity contribution in [3.63, 3.8) is 0 Å². The minimum atomic E-state index is -0.221. The summed E-state index contributed by atoms with van der Waals surface area (Å²) in [4.78, 5) is 39.9. The summed E-state index contributed by atoms with van der Waals surface area (Å²) in [5, 5.41) is 2.90. The summed E-state index contributed by atoms with van der Waals surface area (Å²) in [6, 6.07) is 13.3. The molecule has 1 fully saturated rings. The van der Waals surface area contributed by atoms with Crippen LogP contribution in [0.25, 0.3) is 0 Å². The molecular weight excluding hydrogens is 366 g/mol. The minimum absolute atomic E-state index is 0.00697. The number of amides is 3. The summed E-state index contributed by atoms with van der Waals surface area (Å²) in [6.07, 6.45) is 1.69. The smallest absolute Gasteiger partial charge is 0.243 e. The lowest BCUT2D eigenvalue weighted by Gasteiger charge is -2.19. The van der Waals surface area contributed by atoms with Crippen LogP contribution in [0.5, 0.6) is 0 Å². The summed E-state index contributed by atoms with van der Waals surface area (Å²) < 4.78 is 0.